The maximum Gasteiger partial charge on any atom is 0.345 e. The molecule has 0 radical (unpaired) electrons. The zero-order valence-electron chi connectivity index (χ0n) is 7.69. The van der Waals surface area contributed by atoms with E-state index >= 15 is 0 Å². The van der Waals surface area contributed by atoms with Crippen molar-refractivity contribution in [2.75, 3.05) is 13.2 Å². The first kappa shape index (κ1) is 11.2. The summed E-state index contributed by atoms with van der Waals surface area (Å²) in [5.74, 6) is -0.878. The number of carboxylic acids is 1. The van der Waals surface area contributed by atoms with E-state index in [1.807, 2.05) is 0 Å². The van der Waals surface area contributed by atoms with Gasteiger partial charge in [-0.15, -0.1) is 11.3 Å². The van der Waals surface area contributed by atoms with Crippen LogP contribution in [0.25, 0.3) is 0 Å². The molecular formula is C9H13NO3S. The van der Waals surface area contributed by atoms with Crippen LogP contribution in [0.4, 0.5) is 0 Å². The van der Waals surface area contributed by atoms with E-state index in [4.69, 9.17) is 10.2 Å². The number of hydrogen-bond donors (Lipinski definition) is 3. The van der Waals surface area contributed by atoms with Crippen LogP contribution in [-0.2, 0) is 6.54 Å². The first-order valence-electron chi connectivity index (χ1n) is 4.37. The highest BCUT2D eigenvalue weighted by atomic mass is 32.1. The van der Waals surface area contributed by atoms with Crippen molar-refractivity contribution < 1.29 is 15.0 Å². The van der Waals surface area contributed by atoms with Gasteiger partial charge in [0.15, 0.2) is 0 Å². The second-order valence-electron chi connectivity index (χ2n) is 2.83. The molecule has 0 spiro atoms. The lowest BCUT2D eigenvalue weighted by Crippen LogP contribution is -2.14. The normalized spacial score (nSPS) is 10.4. The van der Waals surface area contributed by atoms with Crippen LogP contribution in [0.1, 0.15) is 21.0 Å². The Balaban J connectivity index is 2.33. The van der Waals surface area contributed by atoms with E-state index in [1.165, 1.54) is 11.3 Å². The second kappa shape index (κ2) is 5.74. The van der Waals surface area contributed by atoms with Gasteiger partial charge in [0.2, 0.25) is 0 Å². The summed E-state index contributed by atoms with van der Waals surface area (Å²) < 4.78 is 0. The molecule has 1 rings (SSSR count). The molecule has 0 fully saturated rings. The number of rotatable bonds is 6. The lowest BCUT2D eigenvalue weighted by atomic mass is 10.4. The molecule has 0 aliphatic heterocycles. The third-order valence-electron chi connectivity index (χ3n) is 1.68. The molecule has 0 aliphatic carbocycles. The highest BCUT2D eigenvalue weighted by Crippen LogP contribution is 2.15. The van der Waals surface area contributed by atoms with Gasteiger partial charge in [-0.3, -0.25) is 0 Å². The summed E-state index contributed by atoms with van der Waals surface area (Å²) in [6.07, 6.45) is 0.719. The van der Waals surface area contributed by atoms with Crippen molar-refractivity contribution >= 4 is 17.3 Å². The summed E-state index contributed by atoms with van der Waals surface area (Å²) in [7, 11) is 0. The molecule has 0 unspecified atom stereocenters. The first-order valence-corrected chi connectivity index (χ1v) is 5.19. The summed E-state index contributed by atoms with van der Waals surface area (Å²) >= 11 is 1.27. The maximum absolute atomic E-state index is 10.5. The van der Waals surface area contributed by atoms with E-state index in [9.17, 15) is 4.79 Å². The Labute approximate surface area is 86.2 Å². The summed E-state index contributed by atoms with van der Waals surface area (Å²) in [4.78, 5) is 11.9. The van der Waals surface area contributed by atoms with Gasteiger partial charge in [-0.05, 0) is 25.1 Å². The number of aliphatic hydroxyl groups excluding tert-OH is 1. The molecule has 14 heavy (non-hydrogen) atoms. The number of nitrogens with one attached hydrogen (secondary N) is 1. The molecule has 1 aromatic rings. The average molecular weight is 215 g/mol. The topological polar surface area (TPSA) is 69.6 Å². The molecule has 0 atom stereocenters. The fraction of sp³-hybridized carbons (Fsp3) is 0.444. The molecular weight excluding hydrogens is 202 g/mol. The molecule has 1 heterocycles. The number of carboxylic acid groups (broad SMARTS) is 1. The van der Waals surface area contributed by atoms with E-state index in [0.717, 1.165) is 17.8 Å². The average Bonchev–Trinajstić information content (AvgIpc) is 2.61. The molecule has 0 amide bonds. The van der Waals surface area contributed by atoms with Gasteiger partial charge < -0.3 is 15.5 Å². The van der Waals surface area contributed by atoms with Gasteiger partial charge in [-0.25, -0.2) is 4.79 Å². The molecule has 1 aromatic heterocycles. The standard InChI is InChI=1S/C9H13NO3S/c11-5-1-4-10-6-7-2-3-8(14-7)9(12)13/h2-3,10-11H,1,4-6H2,(H,12,13). The fourth-order valence-electron chi connectivity index (χ4n) is 1.00. The number of hydrogen-bond acceptors (Lipinski definition) is 4. The molecule has 5 heteroatoms. The minimum Gasteiger partial charge on any atom is -0.477 e. The highest BCUT2D eigenvalue weighted by Gasteiger charge is 2.05. The third kappa shape index (κ3) is 3.45. The van der Waals surface area contributed by atoms with E-state index in [0.29, 0.717) is 11.4 Å². The van der Waals surface area contributed by atoms with Gasteiger partial charge in [0.25, 0.3) is 0 Å². The van der Waals surface area contributed by atoms with Gasteiger partial charge in [-0.1, -0.05) is 0 Å². The minimum atomic E-state index is -0.878. The van der Waals surface area contributed by atoms with Gasteiger partial charge in [0.05, 0.1) is 0 Å². The summed E-state index contributed by atoms with van der Waals surface area (Å²) in [6.45, 7) is 1.59. The Kier molecular flexibility index (Phi) is 4.58. The van der Waals surface area contributed by atoms with Crippen LogP contribution in [0.2, 0.25) is 0 Å². The Bertz CT molecular complexity index is 298. The Morgan fingerprint density at radius 1 is 1.50 bits per heavy atom. The SMILES string of the molecule is O=C(O)c1ccc(CNCCCO)s1. The van der Waals surface area contributed by atoms with Crippen molar-refractivity contribution in [2.45, 2.75) is 13.0 Å². The van der Waals surface area contributed by atoms with Crippen LogP contribution in [0.5, 0.6) is 0 Å². The predicted molar refractivity (Wildman–Crippen MR) is 54.7 cm³/mol. The van der Waals surface area contributed by atoms with Crippen LogP contribution in [0.15, 0.2) is 12.1 Å². The summed E-state index contributed by atoms with van der Waals surface area (Å²) in [6, 6.07) is 3.41. The molecule has 78 valence electrons. The van der Waals surface area contributed by atoms with Crippen molar-refractivity contribution in [3.63, 3.8) is 0 Å². The van der Waals surface area contributed by atoms with Crippen LogP contribution in [-0.4, -0.2) is 29.3 Å². The monoisotopic (exact) mass is 215 g/mol. The highest BCUT2D eigenvalue weighted by molar-refractivity contribution is 7.13. The van der Waals surface area contributed by atoms with Gasteiger partial charge in [-0.2, -0.15) is 0 Å². The first-order chi connectivity index (χ1) is 6.74. The number of aromatic carboxylic acids is 1. The lowest BCUT2D eigenvalue weighted by Gasteiger charge is -1.99. The minimum absolute atomic E-state index is 0.178. The molecule has 0 aliphatic rings. The lowest BCUT2D eigenvalue weighted by molar-refractivity contribution is 0.0702. The van der Waals surface area contributed by atoms with Crippen molar-refractivity contribution in [1.29, 1.82) is 0 Å². The van der Waals surface area contributed by atoms with E-state index in [-0.39, 0.29) is 6.61 Å². The molecule has 3 N–H and O–H groups in total. The summed E-state index contributed by atoms with van der Waals surface area (Å²) in [5.41, 5.74) is 0. The molecule has 0 saturated heterocycles. The number of thiophene rings is 1. The van der Waals surface area contributed by atoms with Crippen LogP contribution < -0.4 is 5.32 Å². The maximum atomic E-state index is 10.5. The third-order valence-corrected chi connectivity index (χ3v) is 2.76. The van der Waals surface area contributed by atoms with Crippen molar-refractivity contribution in [3.8, 4) is 0 Å². The molecule has 0 aromatic carbocycles. The van der Waals surface area contributed by atoms with Gasteiger partial charge >= 0.3 is 5.97 Å². The Morgan fingerprint density at radius 2 is 2.29 bits per heavy atom. The molecule has 0 saturated carbocycles. The van der Waals surface area contributed by atoms with Crippen molar-refractivity contribution in [1.82, 2.24) is 5.32 Å². The fourth-order valence-corrected chi connectivity index (χ4v) is 1.82. The summed E-state index contributed by atoms with van der Waals surface area (Å²) in [5, 5.41) is 20.3. The van der Waals surface area contributed by atoms with Crippen molar-refractivity contribution in [2.24, 2.45) is 0 Å². The van der Waals surface area contributed by atoms with Gasteiger partial charge in [0, 0.05) is 18.0 Å². The molecule has 0 bridgehead atoms. The smallest absolute Gasteiger partial charge is 0.345 e. The van der Waals surface area contributed by atoms with Crippen molar-refractivity contribution in [3.05, 3.63) is 21.9 Å². The zero-order valence-corrected chi connectivity index (χ0v) is 8.51. The number of aliphatic hydroxyl groups is 1. The molecule has 4 nitrogen and oxygen atoms in total. The zero-order chi connectivity index (χ0) is 10.4. The van der Waals surface area contributed by atoms with Crippen LogP contribution in [0.3, 0.4) is 0 Å². The van der Waals surface area contributed by atoms with Crippen LogP contribution in [0, 0.1) is 0 Å². The van der Waals surface area contributed by atoms with E-state index in [1.54, 1.807) is 12.1 Å². The quantitative estimate of drug-likeness (QED) is 0.617. The Morgan fingerprint density at radius 3 is 2.86 bits per heavy atom. The van der Waals surface area contributed by atoms with E-state index < -0.39 is 5.97 Å². The van der Waals surface area contributed by atoms with E-state index in [2.05, 4.69) is 5.32 Å². The number of carbonyl (C=O) groups is 1. The predicted octanol–water partition coefficient (Wildman–Crippen LogP) is 0.918. The van der Waals surface area contributed by atoms with Crippen LogP contribution >= 0.6 is 11.3 Å². The second-order valence-corrected chi connectivity index (χ2v) is 3.99. The largest absolute Gasteiger partial charge is 0.477 e. The Hall–Kier alpha value is -0.910. The van der Waals surface area contributed by atoms with Gasteiger partial charge in [0.1, 0.15) is 4.88 Å².